The molecule has 1 aliphatic rings. The number of rotatable bonds is 3. The Morgan fingerprint density at radius 1 is 1.14 bits per heavy atom. The van der Waals surface area contributed by atoms with E-state index in [1.54, 1.807) is 0 Å². The van der Waals surface area contributed by atoms with Crippen LogP contribution in [0.3, 0.4) is 0 Å². The molecule has 0 amide bonds. The van der Waals surface area contributed by atoms with Crippen molar-refractivity contribution in [3.63, 3.8) is 0 Å². The summed E-state index contributed by atoms with van der Waals surface area (Å²) in [5.41, 5.74) is 0. The number of esters is 1. The highest BCUT2D eigenvalue weighted by Crippen LogP contribution is 2.28. The van der Waals surface area contributed by atoms with Crippen LogP contribution in [-0.2, 0) is 9.53 Å². The van der Waals surface area contributed by atoms with Crippen LogP contribution in [0.25, 0.3) is 0 Å². The molecule has 2 nitrogen and oxygen atoms in total. The van der Waals surface area contributed by atoms with Crippen LogP contribution in [0, 0.1) is 11.8 Å². The van der Waals surface area contributed by atoms with Crippen molar-refractivity contribution in [2.24, 2.45) is 11.8 Å². The molecule has 1 rings (SSSR count). The van der Waals surface area contributed by atoms with E-state index in [-0.39, 0.29) is 18.0 Å². The van der Waals surface area contributed by atoms with Gasteiger partial charge in [0.1, 0.15) is 6.10 Å². The molecule has 0 aromatic carbocycles. The van der Waals surface area contributed by atoms with Gasteiger partial charge in [0.25, 0.3) is 0 Å². The smallest absolute Gasteiger partial charge is 0.308 e. The van der Waals surface area contributed by atoms with Crippen LogP contribution in [0.1, 0.15) is 52.9 Å². The van der Waals surface area contributed by atoms with Crippen molar-refractivity contribution < 1.29 is 9.53 Å². The van der Waals surface area contributed by atoms with E-state index in [4.69, 9.17) is 4.74 Å². The van der Waals surface area contributed by atoms with Gasteiger partial charge in [0.15, 0.2) is 0 Å². The SMILES string of the molecule is CC(C)C(=O)OC(C)C1CCCCC1. The molecule has 0 heterocycles. The van der Waals surface area contributed by atoms with E-state index in [9.17, 15) is 4.79 Å². The molecule has 0 N–H and O–H groups in total. The minimum atomic E-state index is -0.0527. The third-order valence-electron chi connectivity index (χ3n) is 3.09. The number of carbonyl (C=O) groups excluding carboxylic acids is 1. The van der Waals surface area contributed by atoms with Crippen LogP contribution in [0.4, 0.5) is 0 Å². The average molecular weight is 198 g/mol. The second-order valence-corrected chi connectivity index (χ2v) is 4.69. The molecule has 0 spiro atoms. The molecule has 2 heteroatoms. The largest absolute Gasteiger partial charge is 0.462 e. The maximum absolute atomic E-state index is 11.4. The lowest BCUT2D eigenvalue weighted by Gasteiger charge is -2.27. The Balaban J connectivity index is 2.32. The van der Waals surface area contributed by atoms with Gasteiger partial charge in [0.05, 0.1) is 5.92 Å². The van der Waals surface area contributed by atoms with E-state index < -0.39 is 0 Å². The molecule has 0 aliphatic heterocycles. The zero-order chi connectivity index (χ0) is 10.6. The van der Waals surface area contributed by atoms with Gasteiger partial charge in [-0.3, -0.25) is 4.79 Å². The van der Waals surface area contributed by atoms with E-state index in [1.165, 1.54) is 32.1 Å². The molecule has 1 fully saturated rings. The minimum Gasteiger partial charge on any atom is -0.462 e. The third-order valence-corrected chi connectivity index (χ3v) is 3.09. The third kappa shape index (κ3) is 3.32. The fourth-order valence-corrected chi connectivity index (χ4v) is 2.02. The lowest BCUT2D eigenvalue weighted by molar-refractivity contribution is -0.155. The van der Waals surface area contributed by atoms with Gasteiger partial charge >= 0.3 is 5.97 Å². The molecular formula is C12H22O2. The second kappa shape index (κ2) is 5.38. The highest BCUT2D eigenvalue weighted by Gasteiger charge is 2.23. The molecule has 0 radical (unpaired) electrons. The van der Waals surface area contributed by atoms with E-state index in [0.717, 1.165) is 0 Å². The molecule has 1 unspecified atom stereocenters. The molecule has 1 saturated carbocycles. The fourth-order valence-electron chi connectivity index (χ4n) is 2.02. The monoisotopic (exact) mass is 198 g/mol. The van der Waals surface area contributed by atoms with Crippen LogP contribution in [0.5, 0.6) is 0 Å². The van der Waals surface area contributed by atoms with Gasteiger partial charge in [0, 0.05) is 0 Å². The van der Waals surface area contributed by atoms with Gasteiger partial charge in [-0.05, 0) is 25.7 Å². The van der Waals surface area contributed by atoms with E-state index in [2.05, 4.69) is 0 Å². The fraction of sp³-hybridized carbons (Fsp3) is 0.917. The quantitative estimate of drug-likeness (QED) is 0.651. The van der Waals surface area contributed by atoms with Crippen molar-refractivity contribution in [1.82, 2.24) is 0 Å². The van der Waals surface area contributed by atoms with Crippen molar-refractivity contribution >= 4 is 5.97 Å². The summed E-state index contributed by atoms with van der Waals surface area (Å²) in [6.07, 6.45) is 6.52. The van der Waals surface area contributed by atoms with Gasteiger partial charge in [-0.25, -0.2) is 0 Å². The average Bonchev–Trinajstić information content (AvgIpc) is 2.19. The first kappa shape index (κ1) is 11.5. The summed E-state index contributed by atoms with van der Waals surface area (Å²) in [6, 6.07) is 0. The Morgan fingerprint density at radius 3 is 2.21 bits per heavy atom. The first-order chi connectivity index (χ1) is 6.61. The van der Waals surface area contributed by atoms with Crippen molar-refractivity contribution in [2.45, 2.75) is 59.0 Å². The summed E-state index contributed by atoms with van der Waals surface area (Å²) in [6.45, 7) is 5.81. The summed E-state index contributed by atoms with van der Waals surface area (Å²) in [5.74, 6) is 0.551. The Hall–Kier alpha value is -0.530. The summed E-state index contributed by atoms with van der Waals surface area (Å²) < 4.78 is 5.41. The Bertz CT molecular complexity index is 181. The maximum atomic E-state index is 11.4. The highest BCUT2D eigenvalue weighted by atomic mass is 16.5. The predicted octanol–water partition coefficient (Wildman–Crippen LogP) is 3.15. The standard InChI is InChI=1S/C12H22O2/c1-9(2)12(13)14-10(3)11-7-5-4-6-8-11/h9-11H,4-8H2,1-3H3. The lowest BCUT2D eigenvalue weighted by Crippen LogP contribution is -2.27. The molecule has 82 valence electrons. The molecule has 0 aromatic rings. The number of ether oxygens (including phenoxy) is 1. The molecule has 1 aliphatic carbocycles. The first-order valence-electron chi connectivity index (χ1n) is 5.81. The number of hydrogen-bond acceptors (Lipinski definition) is 2. The Kier molecular flexibility index (Phi) is 4.43. The van der Waals surface area contributed by atoms with Crippen LogP contribution in [0.2, 0.25) is 0 Å². The molecule has 14 heavy (non-hydrogen) atoms. The summed E-state index contributed by atoms with van der Waals surface area (Å²) in [5, 5.41) is 0. The number of hydrogen-bond donors (Lipinski definition) is 0. The van der Waals surface area contributed by atoms with Crippen molar-refractivity contribution in [3.8, 4) is 0 Å². The van der Waals surface area contributed by atoms with Crippen molar-refractivity contribution in [3.05, 3.63) is 0 Å². The van der Waals surface area contributed by atoms with Crippen LogP contribution in [0.15, 0.2) is 0 Å². The van der Waals surface area contributed by atoms with Gasteiger partial charge < -0.3 is 4.74 Å². The number of carbonyl (C=O) groups is 1. The van der Waals surface area contributed by atoms with E-state index in [1.807, 2.05) is 20.8 Å². The van der Waals surface area contributed by atoms with Gasteiger partial charge in [-0.1, -0.05) is 33.1 Å². The van der Waals surface area contributed by atoms with Crippen molar-refractivity contribution in [2.75, 3.05) is 0 Å². The van der Waals surface area contributed by atoms with Crippen LogP contribution >= 0.6 is 0 Å². The van der Waals surface area contributed by atoms with E-state index in [0.29, 0.717) is 5.92 Å². The summed E-state index contributed by atoms with van der Waals surface area (Å²) in [4.78, 5) is 11.4. The van der Waals surface area contributed by atoms with Gasteiger partial charge in [0.2, 0.25) is 0 Å². The predicted molar refractivity (Wildman–Crippen MR) is 57.0 cm³/mol. The maximum Gasteiger partial charge on any atom is 0.308 e. The molecule has 0 bridgehead atoms. The highest BCUT2D eigenvalue weighted by molar-refractivity contribution is 5.71. The zero-order valence-electron chi connectivity index (χ0n) is 9.58. The normalized spacial score (nSPS) is 20.9. The topological polar surface area (TPSA) is 26.3 Å². The van der Waals surface area contributed by atoms with Crippen molar-refractivity contribution in [1.29, 1.82) is 0 Å². The van der Waals surface area contributed by atoms with Crippen LogP contribution in [-0.4, -0.2) is 12.1 Å². The van der Waals surface area contributed by atoms with Gasteiger partial charge in [-0.15, -0.1) is 0 Å². The lowest BCUT2D eigenvalue weighted by atomic mass is 9.86. The molecule has 0 aromatic heterocycles. The Labute approximate surface area is 87.0 Å². The molecule has 0 saturated heterocycles. The summed E-state index contributed by atoms with van der Waals surface area (Å²) >= 11 is 0. The zero-order valence-corrected chi connectivity index (χ0v) is 9.58. The Morgan fingerprint density at radius 2 is 1.71 bits per heavy atom. The van der Waals surface area contributed by atoms with Gasteiger partial charge in [-0.2, -0.15) is 0 Å². The summed E-state index contributed by atoms with van der Waals surface area (Å²) in [7, 11) is 0. The van der Waals surface area contributed by atoms with Crippen LogP contribution < -0.4 is 0 Å². The minimum absolute atomic E-state index is 0.000963. The van der Waals surface area contributed by atoms with E-state index >= 15 is 0 Å². The molecule has 1 atom stereocenters. The first-order valence-corrected chi connectivity index (χ1v) is 5.81. The second-order valence-electron chi connectivity index (χ2n) is 4.69. The molecular weight excluding hydrogens is 176 g/mol.